The van der Waals surface area contributed by atoms with Crippen molar-refractivity contribution in [3.63, 3.8) is 0 Å². The average molecular weight is 341 g/mol. The van der Waals surface area contributed by atoms with E-state index in [2.05, 4.69) is 6.92 Å². The Morgan fingerprint density at radius 1 is 1.22 bits per heavy atom. The average Bonchev–Trinajstić information content (AvgIpc) is 2.49. The maximum absolute atomic E-state index is 12.4. The maximum Gasteiger partial charge on any atom is 0.253 e. The molecule has 1 aromatic carbocycles. The van der Waals surface area contributed by atoms with Gasteiger partial charge in [0.25, 0.3) is 5.91 Å². The van der Waals surface area contributed by atoms with E-state index in [0.29, 0.717) is 12.2 Å². The molecule has 5 nitrogen and oxygen atoms in total. The van der Waals surface area contributed by atoms with E-state index in [-0.39, 0.29) is 17.7 Å². The molecule has 0 aliphatic heterocycles. The molecule has 0 bridgehead atoms. The van der Waals surface area contributed by atoms with Gasteiger partial charge in [0.05, 0.1) is 12.4 Å². The van der Waals surface area contributed by atoms with E-state index in [1.807, 2.05) is 0 Å². The van der Waals surface area contributed by atoms with Crippen LogP contribution in [0.4, 0.5) is 0 Å². The minimum atomic E-state index is -3.12. The number of sulfone groups is 1. The van der Waals surface area contributed by atoms with Crippen molar-refractivity contribution in [3.05, 3.63) is 29.8 Å². The molecule has 0 spiro atoms. The molecule has 0 radical (unpaired) electrons. The Balaban J connectivity index is 2.62. The van der Waals surface area contributed by atoms with Crippen LogP contribution in [0.5, 0.6) is 5.75 Å². The van der Waals surface area contributed by atoms with Gasteiger partial charge in [-0.2, -0.15) is 0 Å². The molecular formula is C17H27NO4S. The summed E-state index contributed by atoms with van der Waals surface area (Å²) in [6.07, 6.45) is 4.48. The van der Waals surface area contributed by atoms with Crippen LogP contribution >= 0.6 is 0 Å². The van der Waals surface area contributed by atoms with Crippen LogP contribution < -0.4 is 4.74 Å². The van der Waals surface area contributed by atoms with Gasteiger partial charge in [-0.1, -0.05) is 19.8 Å². The minimum Gasteiger partial charge on any atom is -0.494 e. The second kappa shape index (κ2) is 8.91. The highest BCUT2D eigenvalue weighted by Gasteiger charge is 2.20. The van der Waals surface area contributed by atoms with E-state index in [0.717, 1.165) is 25.0 Å². The lowest BCUT2D eigenvalue weighted by Gasteiger charge is -2.24. The number of unbranched alkanes of at least 4 members (excludes halogenated alkanes) is 2. The fourth-order valence-corrected chi connectivity index (χ4v) is 3.29. The van der Waals surface area contributed by atoms with E-state index >= 15 is 0 Å². The highest BCUT2D eigenvalue weighted by atomic mass is 32.2. The van der Waals surface area contributed by atoms with Crippen LogP contribution in [-0.2, 0) is 9.84 Å². The van der Waals surface area contributed by atoms with Crippen molar-refractivity contribution in [1.29, 1.82) is 0 Å². The van der Waals surface area contributed by atoms with Gasteiger partial charge < -0.3 is 9.64 Å². The summed E-state index contributed by atoms with van der Waals surface area (Å²) in [6, 6.07) is 6.59. The van der Waals surface area contributed by atoms with Crippen molar-refractivity contribution < 1.29 is 17.9 Å². The summed E-state index contributed by atoms with van der Waals surface area (Å²) < 4.78 is 28.3. The van der Waals surface area contributed by atoms with Crippen LogP contribution in [0.15, 0.2) is 24.3 Å². The second-order valence-electron chi connectivity index (χ2n) is 5.94. The molecule has 0 aliphatic carbocycles. The lowest BCUT2D eigenvalue weighted by molar-refractivity contribution is 0.0757. The van der Waals surface area contributed by atoms with Gasteiger partial charge >= 0.3 is 0 Å². The second-order valence-corrected chi connectivity index (χ2v) is 8.12. The third-order valence-corrected chi connectivity index (χ3v) is 4.73. The Bertz CT molecular complexity index is 596. The van der Waals surface area contributed by atoms with Crippen molar-refractivity contribution in [2.24, 2.45) is 0 Å². The zero-order chi connectivity index (χ0) is 17.5. The first-order valence-electron chi connectivity index (χ1n) is 7.92. The molecular weight excluding hydrogens is 314 g/mol. The molecule has 23 heavy (non-hydrogen) atoms. The number of carbonyl (C=O) groups excluding carboxylic acids is 1. The zero-order valence-corrected chi connectivity index (χ0v) is 15.2. The number of benzene rings is 1. The van der Waals surface area contributed by atoms with Gasteiger partial charge in [0.2, 0.25) is 0 Å². The molecule has 0 N–H and O–H groups in total. The predicted octanol–water partition coefficient (Wildman–Crippen LogP) is 2.76. The first-order valence-corrected chi connectivity index (χ1v) is 9.98. The summed E-state index contributed by atoms with van der Waals surface area (Å²) in [6.45, 7) is 4.54. The van der Waals surface area contributed by atoms with E-state index in [9.17, 15) is 13.2 Å². The minimum absolute atomic E-state index is 0.0478. The van der Waals surface area contributed by atoms with Gasteiger partial charge in [-0.3, -0.25) is 4.79 Å². The van der Waals surface area contributed by atoms with Crippen molar-refractivity contribution >= 4 is 15.7 Å². The standard InChI is InChI=1S/C17H27NO4S/c1-5-6-7-12-22-16-10-8-15(9-11-16)17(19)18(3)14(2)13-23(4,20)21/h8-11,14H,5-7,12-13H2,1-4H3. The molecule has 1 atom stereocenters. The first-order chi connectivity index (χ1) is 10.7. The zero-order valence-electron chi connectivity index (χ0n) is 14.4. The Morgan fingerprint density at radius 2 is 1.83 bits per heavy atom. The van der Waals surface area contributed by atoms with E-state index in [1.165, 1.54) is 11.2 Å². The highest BCUT2D eigenvalue weighted by molar-refractivity contribution is 7.90. The predicted molar refractivity (Wildman–Crippen MR) is 92.7 cm³/mol. The fraction of sp³-hybridized carbons (Fsp3) is 0.588. The Hall–Kier alpha value is -1.56. The van der Waals surface area contributed by atoms with Crippen molar-refractivity contribution in [3.8, 4) is 5.75 Å². The number of ether oxygens (including phenoxy) is 1. The highest BCUT2D eigenvalue weighted by Crippen LogP contribution is 2.15. The van der Waals surface area contributed by atoms with Crippen molar-refractivity contribution in [2.75, 3.05) is 25.7 Å². The van der Waals surface area contributed by atoms with Gasteiger partial charge in [-0.05, 0) is 37.6 Å². The third kappa shape index (κ3) is 7.03. The molecule has 1 aromatic rings. The van der Waals surface area contributed by atoms with Crippen LogP contribution in [0.1, 0.15) is 43.5 Å². The SMILES string of the molecule is CCCCCOc1ccc(C(=O)N(C)C(C)CS(C)(=O)=O)cc1. The molecule has 0 aromatic heterocycles. The Kier molecular flexibility index (Phi) is 7.55. The van der Waals surface area contributed by atoms with E-state index in [1.54, 1.807) is 38.2 Å². The monoisotopic (exact) mass is 341 g/mol. The topological polar surface area (TPSA) is 63.7 Å². The Labute approximate surface area is 139 Å². The summed E-state index contributed by atoms with van der Waals surface area (Å²) in [4.78, 5) is 13.8. The largest absolute Gasteiger partial charge is 0.494 e. The molecule has 0 heterocycles. The van der Waals surface area contributed by atoms with E-state index < -0.39 is 9.84 Å². The lowest BCUT2D eigenvalue weighted by Crippen LogP contribution is -2.39. The molecule has 1 amide bonds. The number of nitrogens with zero attached hydrogens (tertiary/aromatic N) is 1. The molecule has 1 unspecified atom stereocenters. The van der Waals surface area contributed by atoms with Gasteiger partial charge in [0, 0.05) is 24.9 Å². The van der Waals surface area contributed by atoms with Crippen LogP contribution in [0.2, 0.25) is 0 Å². The summed E-state index contributed by atoms with van der Waals surface area (Å²) in [5.41, 5.74) is 0.522. The molecule has 0 aliphatic rings. The first kappa shape index (κ1) is 19.5. The van der Waals surface area contributed by atoms with Crippen LogP contribution in [0, 0.1) is 0 Å². The van der Waals surface area contributed by atoms with Gasteiger partial charge in [0.1, 0.15) is 15.6 Å². The molecule has 0 saturated carbocycles. The smallest absolute Gasteiger partial charge is 0.253 e. The van der Waals surface area contributed by atoms with E-state index in [4.69, 9.17) is 4.74 Å². The van der Waals surface area contributed by atoms with Crippen LogP contribution in [0.3, 0.4) is 0 Å². The lowest BCUT2D eigenvalue weighted by atomic mass is 10.1. The van der Waals surface area contributed by atoms with Crippen LogP contribution in [0.25, 0.3) is 0 Å². The fourth-order valence-electron chi connectivity index (χ4n) is 2.19. The summed E-state index contributed by atoms with van der Waals surface area (Å²) in [5, 5.41) is 0. The molecule has 6 heteroatoms. The number of hydrogen-bond donors (Lipinski definition) is 0. The third-order valence-electron chi connectivity index (χ3n) is 3.64. The number of carbonyl (C=O) groups is 1. The number of rotatable bonds is 9. The summed E-state index contributed by atoms with van der Waals surface area (Å²) in [7, 11) is -1.50. The van der Waals surface area contributed by atoms with Crippen molar-refractivity contribution in [2.45, 2.75) is 39.2 Å². The summed E-state index contributed by atoms with van der Waals surface area (Å²) >= 11 is 0. The molecule has 1 rings (SSSR count). The summed E-state index contributed by atoms with van der Waals surface area (Å²) in [5.74, 6) is 0.497. The van der Waals surface area contributed by atoms with Gasteiger partial charge in [0.15, 0.2) is 0 Å². The van der Waals surface area contributed by atoms with Crippen LogP contribution in [-0.4, -0.2) is 50.9 Å². The maximum atomic E-state index is 12.4. The number of hydrogen-bond acceptors (Lipinski definition) is 4. The van der Waals surface area contributed by atoms with Crippen molar-refractivity contribution in [1.82, 2.24) is 4.90 Å². The Morgan fingerprint density at radius 3 is 2.35 bits per heavy atom. The molecule has 130 valence electrons. The molecule has 0 fully saturated rings. The van der Waals surface area contributed by atoms with Gasteiger partial charge in [-0.25, -0.2) is 8.42 Å². The molecule has 0 saturated heterocycles. The quantitative estimate of drug-likeness (QED) is 0.648. The number of amides is 1. The van der Waals surface area contributed by atoms with Gasteiger partial charge in [-0.15, -0.1) is 0 Å². The normalized spacial score (nSPS) is 12.7.